The lowest BCUT2D eigenvalue weighted by Crippen LogP contribution is -2.06. The Bertz CT molecular complexity index is 3110. The quantitative estimate of drug-likeness (QED) is 0.103. The first-order valence-corrected chi connectivity index (χ1v) is 17.6. The van der Waals surface area contributed by atoms with Crippen LogP contribution in [0, 0.1) is 0 Å². The molecular formula is C48H31N3O2. The average Bonchev–Trinajstić information content (AvgIpc) is 3.79. The number of hydrogen-bond acceptors (Lipinski definition) is 3. The monoisotopic (exact) mass is 681 g/mol. The van der Waals surface area contributed by atoms with E-state index in [9.17, 15) is 0 Å². The van der Waals surface area contributed by atoms with Gasteiger partial charge in [0.25, 0.3) is 0 Å². The van der Waals surface area contributed by atoms with Crippen LogP contribution < -0.4 is 0 Å². The second-order valence-electron chi connectivity index (χ2n) is 13.2. The van der Waals surface area contributed by atoms with Crippen molar-refractivity contribution in [1.29, 1.82) is 0 Å². The highest BCUT2D eigenvalue weighted by Crippen LogP contribution is 2.42. The molecule has 250 valence electrons. The van der Waals surface area contributed by atoms with E-state index in [0.29, 0.717) is 18.2 Å². The van der Waals surface area contributed by atoms with Crippen molar-refractivity contribution in [2.24, 2.45) is 15.0 Å². The molecule has 5 nitrogen and oxygen atoms in total. The molecule has 2 heterocycles. The summed E-state index contributed by atoms with van der Waals surface area (Å²) in [5, 5.41) is 8.76. The molecule has 8 aromatic carbocycles. The molecule has 0 spiro atoms. The molecule has 0 fully saturated rings. The maximum atomic E-state index is 6.75. The third kappa shape index (κ3) is 5.21. The molecule has 0 amide bonds. The van der Waals surface area contributed by atoms with E-state index in [1.807, 2.05) is 66.7 Å². The third-order valence-electron chi connectivity index (χ3n) is 10.1. The third-order valence-corrected chi connectivity index (χ3v) is 10.1. The Balaban J connectivity index is 1.16. The Morgan fingerprint density at radius 3 is 2.06 bits per heavy atom. The van der Waals surface area contributed by atoms with Gasteiger partial charge in [-0.25, -0.2) is 9.98 Å². The molecule has 0 radical (unpaired) electrons. The van der Waals surface area contributed by atoms with Crippen LogP contribution in [0.3, 0.4) is 0 Å². The summed E-state index contributed by atoms with van der Waals surface area (Å²) in [4.78, 5) is 14.8. The fourth-order valence-corrected chi connectivity index (χ4v) is 7.61. The molecule has 10 rings (SSSR count). The van der Waals surface area contributed by atoms with Gasteiger partial charge in [0.05, 0.1) is 6.54 Å². The second kappa shape index (κ2) is 12.6. The molecule has 0 aliphatic heterocycles. The van der Waals surface area contributed by atoms with Gasteiger partial charge in [0, 0.05) is 38.2 Å². The van der Waals surface area contributed by atoms with Crippen molar-refractivity contribution in [3.05, 3.63) is 180 Å². The van der Waals surface area contributed by atoms with Crippen LogP contribution in [0.1, 0.15) is 16.7 Å². The fourth-order valence-electron chi connectivity index (χ4n) is 7.61. The van der Waals surface area contributed by atoms with E-state index < -0.39 is 0 Å². The second-order valence-corrected chi connectivity index (χ2v) is 13.2. The van der Waals surface area contributed by atoms with Gasteiger partial charge in [-0.3, -0.25) is 4.99 Å². The van der Waals surface area contributed by atoms with Crippen molar-refractivity contribution in [3.8, 4) is 11.1 Å². The first kappa shape index (κ1) is 30.7. The summed E-state index contributed by atoms with van der Waals surface area (Å²) >= 11 is 0. The van der Waals surface area contributed by atoms with E-state index in [1.54, 1.807) is 0 Å². The number of fused-ring (bicyclic) bond motifs is 9. The van der Waals surface area contributed by atoms with E-state index in [0.717, 1.165) is 71.7 Å². The van der Waals surface area contributed by atoms with Crippen LogP contribution in [0.5, 0.6) is 0 Å². The lowest BCUT2D eigenvalue weighted by atomic mass is 9.92. The minimum Gasteiger partial charge on any atom is -0.456 e. The van der Waals surface area contributed by atoms with Gasteiger partial charge in [0.1, 0.15) is 22.3 Å². The predicted octanol–water partition coefficient (Wildman–Crippen LogP) is 12.6. The molecule has 0 unspecified atom stereocenters. The summed E-state index contributed by atoms with van der Waals surface area (Å²) < 4.78 is 12.9. The molecule has 0 saturated heterocycles. The van der Waals surface area contributed by atoms with Gasteiger partial charge >= 0.3 is 0 Å². The van der Waals surface area contributed by atoms with Crippen LogP contribution >= 0.6 is 0 Å². The SMILES string of the molecule is C=N/C(=N\C(=N/Cc1ccccc1)c1ccc2oc3ccccc3c2c1)c1cccc2oc3c(-c4cc5ccccc5c5ccccc45)cccc3c12. The molecule has 0 aliphatic rings. The van der Waals surface area contributed by atoms with Gasteiger partial charge in [-0.05, 0) is 75.8 Å². The maximum Gasteiger partial charge on any atom is 0.161 e. The smallest absolute Gasteiger partial charge is 0.161 e. The molecule has 0 N–H and O–H groups in total. The zero-order valence-electron chi connectivity index (χ0n) is 28.7. The number of furan rings is 2. The lowest BCUT2D eigenvalue weighted by Gasteiger charge is -2.11. The first-order chi connectivity index (χ1) is 26.2. The van der Waals surface area contributed by atoms with Gasteiger partial charge in [-0.15, -0.1) is 0 Å². The van der Waals surface area contributed by atoms with E-state index >= 15 is 0 Å². The number of para-hydroxylation sites is 2. The largest absolute Gasteiger partial charge is 0.456 e. The standard InChI is InChI=1S/C48H31N3O2/c1-49-48(51-47(50-29-30-13-3-2-4-14-30)32-25-26-43-41(28-32)36-19-9-10-23-42(36)52-43)39-22-12-24-44-45(39)38-21-11-20-37(46(38)53-44)40-27-31-15-5-6-16-33(31)34-17-7-8-18-35(34)40/h2-28H,1,29H2/b50-47-,51-48-. The van der Waals surface area contributed by atoms with E-state index in [-0.39, 0.29) is 0 Å². The summed E-state index contributed by atoms with van der Waals surface area (Å²) in [7, 11) is 0. The number of hydrogen-bond donors (Lipinski definition) is 0. The molecule has 2 aromatic heterocycles. The summed E-state index contributed by atoms with van der Waals surface area (Å²) in [6.07, 6.45) is 0. The molecule has 10 aromatic rings. The van der Waals surface area contributed by atoms with Crippen molar-refractivity contribution in [2.75, 3.05) is 0 Å². The van der Waals surface area contributed by atoms with Gasteiger partial charge in [-0.2, -0.15) is 0 Å². The molecule has 0 saturated carbocycles. The van der Waals surface area contributed by atoms with Crippen molar-refractivity contribution in [3.63, 3.8) is 0 Å². The molecule has 0 atom stereocenters. The predicted molar refractivity (Wildman–Crippen MR) is 221 cm³/mol. The van der Waals surface area contributed by atoms with Gasteiger partial charge < -0.3 is 8.83 Å². The van der Waals surface area contributed by atoms with E-state index in [4.69, 9.17) is 18.8 Å². The summed E-state index contributed by atoms with van der Waals surface area (Å²) in [6.45, 7) is 4.46. The maximum absolute atomic E-state index is 6.75. The number of nitrogens with zero attached hydrogens (tertiary/aromatic N) is 3. The fraction of sp³-hybridized carbons (Fsp3) is 0.0208. The van der Waals surface area contributed by atoms with Crippen LogP contribution in [0.15, 0.2) is 188 Å². The van der Waals surface area contributed by atoms with E-state index in [2.05, 4.69) is 109 Å². The zero-order chi connectivity index (χ0) is 35.3. The highest BCUT2D eigenvalue weighted by atomic mass is 16.3. The average molecular weight is 682 g/mol. The van der Waals surface area contributed by atoms with Crippen LogP contribution in [0.2, 0.25) is 0 Å². The Kier molecular flexibility index (Phi) is 7.29. The van der Waals surface area contributed by atoms with E-state index in [1.165, 1.54) is 21.5 Å². The molecule has 0 bridgehead atoms. The minimum atomic E-state index is 0.455. The van der Waals surface area contributed by atoms with Crippen LogP contribution in [0.25, 0.3) is 76.5 Å². The van der Waals surface area contributed by atoms with Crippen molar-refractivity contribution in [1.82, 2.24) is 0 Å². The molecule has 53 heavy (non-hydrogen) atoms. The van der Waals surface area contributed by atoms with Crippen molar-refractivity contribution in [2.45, 2.75) is 6.54 Å². The van der Waals surface area contributed by atoms with Gasteiger partial charge in [0.2, 0.25) is 0 Å². The summed E-state index contributed by atoms with van der Waals surface area (Å²) in [5.41, 5.74) is 8.13. The Labute approximate surface area is 304 Å². The summed E-state index contributed by atoms with van der Waals surface area (Å²) in [5.74, 6) is 1.01. The first-order valence-electron chi connectivity index (χ1n) is 17.6. The number of amidine groups is 2. The van der Waals surface area contributed by atoms with Crippen molar-refractivity contribution < 1.29 is 8.83 Å². The number of aliphatic imine (C=N–C) groups is 3. The van der Waals surface area contributed by atoms with Crippen LogP contribution in [0.4, 0.5) is 0 Å². The Hall–Kier alpha value is -7.11. The summed E-state index contributed by atoms with van der Waals surface area (Å²) in [6, 6.07) is 56.1. The normalized spacial score (nSPS) is 12.5. The van der Waals surface area contributed by atoms with Gasteiger partial charge in [0.15, 0.2) is 11.7 Å². The van der Waals surface area contributed by atoms with Crippen LogP contribution in [-0.4, -0.2) is 18.4 Å². The van der Waals surface area contributed by atoms with Gasteiger partial charge in [-0.1, -0.05) is 127 Å². The lowest BCUT2D eigenvalue weighted by molar-refractivity contribution is 0.669. The highest BCUT2D eigenvalue weighted by molar-refractivity contribution is 6.24. The molecular weight excluding hydrogens is 651 g/mol. The number of rotatable bonds is 5. The van der Waals surface area contributed by atoms with Crippen molar-refractivity contribution >= 4 is 83.8 Å². The number of benzene rings is 8. The Morgan fingerprint density at radius 1 is 0.491 bits per heavy atom. The highest BCUT2D eigenvalue weighted by Gasteiger charge is 2.20. The topological polar surface area (TPSA) is 63.4 Å². The minimum absolute atomic E-state index is 0.455. The van der Waals surface area contributed by atoms with Crippen LogP contribution in [-0.2, 0) is 6.54 Å². The zero-order valence-corrected chi connectivity index (χ0v) is 28.7. The molecule has 0 aliphatic carbocycles. The Morgan fingerprint density at radius 2 is 1.19 bits per heavy atom. The molecule has 5 heteroatoms.